The van der Waals surface area contributed by atoms with Gasteiger partial charge in [-0.05, 0) is 43.3 Å². The highest BCUT2D eigenvalue weighted by Gasteiger charge is 2.08. The monoisotopic (exact) mass is 376 g/mol. The first-order valence-corrected chi connectivity index (χ1v) is 8.22. The lowest BCUT2D eigenvalue weighted by atomic mass is 10.2. The summed E-state index contributed by atoms with van der Waals surface area (Å²) in [5, 5.41) is 15.1. The molecule has 0 atom stereocenters. The van der Waals surface area contributed by atoms with E-state index in [-0.39, 0.29) is 11.5 Å². The quantitative estimate of drug-likeness (QED) is 0.496. The minimum atomic E-state index is -0.590. The maximum Gasteiger partial charge on any atom is 0.417 e. The molecule has 0 unspecified atom stereocenters. The molecule has 2 heterocycles. The predicted octanol–water partition coefficient (Wildman–Crippen LogP) is 3.72. The molecule has 2 aromatic heterocycles. The van der Waals surface area contributed by atoms with E-state index in [0.717, 1.165) is 5.56 Å². The molecule has 3 N–H and O–H groups in total. The van der Waals surface area contributed by atoms with Gasteiger partial charge in [-0.15, -0.1) is 0 Å². The molecule has 0 spiro atoms. The van der Waals surface area contributed by atoms with Crippen LogP contribution in [0.15, 0.2) is 51.8 Å². The number of nitrogens with zero attached hydrogens (tertiary/aromatic N) is 3. The number of aromatic amines is 1. The Kier molecular flexibility index (Phi) is 4.21. The van der Waals surface area contributed by atoms with E-state index in [1.165, 1.54) is 18.2 Å². The highest BCUT2D eigenvalue weighted by Crippen LogP contribution is 2.23. The van der Waals surface area contributed by atoms with Crippen LogP contribution in [0.25, 0.3) is 11.1 Å². The number of halogens is 1. The van der Waals surface area contributed by atoms with E-state index in [1.54, 1.807) is 30.5 Å². The number of aromatic nitrogens is 3. The van der Waals surface area contributed by atoms with Gasteiger partial charge in [-0.3, -0.25) is 4.98 Å². The van der Waals surface area contributed by atoms with Crippen molar-refractivity contribution in [2.45, 2.75) is 6.92 Å². The number of oxazole rings is 1. The molecule has 0 saturated heterocycles. The number of H-pyrrole nitrogens is 1. The highest BCUT2D eigenvalue weighted by atomic mass is 19.1. The number of nitriles is 1. The Bertz CT molecular complexity index is 1290. The molecular weight excluding hydrogens is 363 g/mol. The standard InChI is InChI=1S/C19H13FN6O2/c1-10-9-22-18(24-12-2-4-14(20)11(6-12)8-21)26-17(10)23-13-3-5-16-15(7-13)25-19(27)28-16/h2-7,9H,1H3,(H,25,27)(H2,22,23,24,26). The van der Waals surface area contributed by atoms with Crippen LogP contribution < -0.4 is 16.4 Å². The summed E-state index contributed by atoms with van der Waals surface area (Å²) in [6.07, 6.45) is 1.63. The zero-order valence-corrected chi connectivity index (χ0v) is 14.6. The number of benzene rings is 2. The van der Waals surface area contributed by atoms with Crippen LogP contribution in [0.2, 0.25) is 0 Å². The molecule has 0 fully saturated rings. The molecule has 0 aliphatic rings. The molecule has 2 aromatic carbocycles. The fourth-order valence-corrected chi connectivity index (χ4v) is 2.61. The van der Waals surface area contributed by atoms with Crippen molar-refractivity contribution >= 4 is 34.2 Å². The van der Waals surface area contributed by atoms with Crippen molar-refractivity contribution in [1.29, 1.82) is 5.26 Å². The second kappa shape index (κ2) is 6.85. The van der Waals surface area contributed by atoms with Gasteiger partial charge in [0.1, 0.15) is 17.7 Å². The average Bonchev–Trinajstić information content (AvgIpc) is 3.05. The Labute approximate surface area is 157 Å². The van der Waals surface area contributed by atoms with Gasteiger partial charge < -0.3 is 15.1 Å². The van der Waals surface area contributed by atoms with Crippen LogP contribution in [0, 0.1) is 24.1 Å². The molecule has 0 radical (unpaired) electrons. The van der Waals surface area contributed by atoms with E-state index in [9.17, 15) is 9.18 Å². The van der Waals surface area contributed by atoms with Crippen LogP contribution in [0.5, 0.6) is 0 Å². The average molecular weight is 376 g/mol. The van der Waals surface area contributed by atoms with Crippen molar-refractivity contribution in [3.8, 4) is 6.07 Å². The number of rotatable bonds is 4. The molecule has 0 saturated carbocycles. The van der Waals surface area contributed by atoms with Gasteiger partial charge in [0.15, 0.2) is 5.58 Å². The molecule has 0 amide bonds. The Hall–Kier alpha value is -4.19. The molecule has 28 heavy (non-hydrogen) atoms. The van der Waals surface area contributed by atoms with Crippen LogP contribution in [-0.2, 0) is 0 Å². The van der Waals surface area contributed by atoms with E-state index in [4.69, 9.17) is 9.68 Å². The van der Waals surface area contributed by atoms with E-state index in [2.05, 4.69) is 25.6 Å². The fourth-order valence-electron chi connectivity index (χ4n) is 2.61. The largest absolute Gasteiger partial charge is 0.417 e. The van der Waals surface area contributed by atoms with Gasteiger partial charge in [0.2, 0.25) is 5.95 Å². The Morgan fingerprint density at radius 1 is 1.18 bits per heavy atom. The first-order valence-electron chi connectivity index (χ1n) is 8.22. The van der Waals surface area contributed by atoms with Crippen molar-refractivity contribution in [3.63, 3.8) is 0 Å². The maximum atomic E-state index is 13.5. The summed E-state index contributed by atoms with van der Waals surface area (Å²) in [7, 11) is 0. The van der Waals surface area contributed by atoms with Gasteiger partial charge >= 0.3 is 5.76 Å². The fraction of sp³-hybridized carbons (Fsp3) is 0.0526. The summed E-state index contributed by atoms with van der Waals surface area (Å²) in [5.74, 6) is -0.285. The topological polar surface area (TPSA) is 120 Å². The van der Waals surface area contributed by atoms with Gasteiger partial charge in [-0.2, -0.15) is 10.2 Å². The summed E-state index contributed by atoms with van der Waals surface area (Å²) in [4.78, 5) is 22.5. The number of hydrogen-bond acceptors (Lipinski definition) is 7. The zero-order valence-electron chi connectivity index (χ0n) is 14.6. The van der Waals surface area contributed by atoms with Gasteiger partial charge in [0.25, 0.3) is 0 Å². The van der Waals surface area contributed by atoms with Crippen molar-refractivity contribution in [2.24, 2.45) is 0 Å². The summed E-state index contributed by atoms with van der Waals surface area (Å²) in [5.41, 5.74) is 2.94. The first kappa shape index (κ1) is 17.2. The summed E-state index contributed by atoms with van der Waals surface area (Å²) in [6.45, 7) is 1.84. The second-order valence-corrected chi connectivity index (χ2v) is 6.01. The number of aryl methyl sites for hydroxylation is 1. The Morgan fingerprint density at radius 2 is 1.96 bits per heavy atom. The molecular formula is C19H13FN6O2. The Balaban J connectivity index is 1.61. The van der Waals surface area contributed by atoms with Crippen LogP contribution in [0.4, 0.5) is 27.5 Å². The minimum absolute atomic E-state index is 0.0714. The normalized spacial score (nSPS) is 10.6. The molecule has 4 aromatic rings. The van der Waals surface area contributed by atoms with E-state index in [0.29, 0.717) is 28.3 Å². The van der Waals surface area contributed by atoms with Crippen LogP contribution in [-0.4, -0.2) is 15.0 Å². The van der Waals surface area contributed by atoms with Crippen LogP contribution in [0.3, 0.4) is 0 Å². The third kappa shape index (κ3) is 3.39. The highest BCUT2D eigenvalue weighted by molar-refractivity contribution is 5.78. The SMILES string of the molecule is Cc1cnc(Nc2ccc(F)c(C#N)c2)nc1Nc1ccc2oc(=O)[nH]c2c1. The Morgan fingerprint density at radius 3 is 2.79 bits per heavy atom. The van der Waals surface area contributed by atoms with Gasteiger partial charge in [-0.1, -0.05) is 0 Å². The molecule has 0 aliphatic heterocycles. The molecule has 9 heteroatoms. The molecule has 4 rings (SSSR count). The van der Waals surface area contributed by atoms with E-state index in [1.807, 2.05) is 6.92 Å². The van der Waals surface area contributed by atoms with Crippen molar-refractivity contribution in [3.05, 3.63) is 70.1 Å². The number of fused-ring (bicyclic) bond motifs is 1. The maximum absolute atomic E-state index is 13.5. The van der Waals surface area contributed by atoms with E-state index >= 15 is 0 Å². The predicted molar refractivity (Wildman–Crippen MR) is 101 cm³/mol. The van der Waals surface area contributed by atoms with Gasteiger partial charge in [0, 0.05) is 23.1 Å². The summed E-state index contributed by atoms with van der Waals surface area (Å²) in [6, 6.07) is 11.0. The molecule has 8 nitrogen and oxygen atoms in total. The summed E-state index contributed by atoms with van der Waals surface area (Å²) >= 11 is 0. The van der Waals surface area contributed by atoms with Crippen molar-refractivity contribution < 1.29 is 8.81 Å². The minimum Gasteiger partial charge on any atom is -0.408 e. The molecule has 138 valence electrons. The smallest absolute Gasteiger partial charge is 0.408 e. The zero-order chi connectivity index (χ0) is 19.7. The van der Waals surface area contributed by atoms with Gasteiger partial charge in [0.05, 0.1) is 11.1 Å². The first-order chi connectivity index (χ1) is 13.5. The number of anilines is 4. The lowest BCUT2D eigenvalue weighted by Gasteiger charge is -2.11. The number of hydrogen-bond donors (Lipinski definition) is 3. The van der Waals surface area contributed by atoms with E-state index < -0.39 is 11.6 Å². The molecule has 0 aliphatic carbocycles. The van der Waals surface area contributed by atoms with Crippen LogP contribution >= 0.6 is 0 Å². The third-order valence-electron chi connectivity index (χ3n) is 4.00. The van der Waals surface area contributed by atoms with Crippen molar-refractivity contribution in [2.75, 3.05) is 10.6 Å². The lowest BCUT2D eigenvalue weighted by Crippen LogP contribution is -2.03. The lowest BCUT2D eigenvalue weighted by molar-refractivity contribution is 0.555. The van der Waals surface area contributed by atoms with Gasteiger partial charge in [-0.25, -0.2) is 14.2 Å². The third-order valence-corrected chi connectivity index (χ3v) is 4.00. The second-order valence-electron chi connectivity index (χ2n) is 6.01. The van der Waals surface area contributed by atoms with Crippen LogP contribution in [0.1, 0.15) is 11.1 Å². The molecule has 0 bridgehead atoms. The summed E-state index contributed by atoms with van der Waals surface area (Å²) < 4.78 is 18.4. The number of nitrogens with one attached hydrogen (secondary N) is 3. The van der Waals surface area contributed by atoms with Crippen molar-refractivity contribution in [1.82, 2.24) is 15.0 Å².